The van der Waals surface area contributed by atoms with Crippen LogP contribution in [0.4, 0.5) is 4.39 Å². The van der Waals surface area contributed by atoms with Crippen molar-refractivity contribution in [2.75, 3.05) is 13.2 Å². The largest absolute Gasteiger partial charge is 0.492 e. The number of carbonyl (C=O) groups excluding carboxylic acids is 1. The van der Waals surface area contributed by atoms with Gasteiger partial charge in [0.2, 0.25) is 5.91 Å². The highest BCUT2D eigenvalue weighted by molar-refractivity contribution is 6.30. The van der Waals surface area contributed by atoms with Crippen LogP contribution < -0.4 is 10.1 Å². The third-order valence-electron chi connectivity index (χ3n) is 4.49. The Morgan fingerprint density at radius 2 is 1.96 bits per heavy atom. The van der Waals surface area contributed by atoms with Gasteiger partial charge in [0.1, 0.15) is 18.2 Å². The Morgan fingerprint density at radius 1 is 1.21 bits per heavy atom. The molecule has 1 amide bonds. The number of ether oxygens (including phenoxy) is 1. The molecule has 1 fully saturated rings. The summed E-state index contributed by atoms with van der Waals surface area (Å²) in [6.07, 6.45) is 2.71. The quantitative estimate of drug-likeness (QED) is 0.799. The standard InChI is InChI=1S/C19H19ClFNO2/c20-15-7-5-14(6-8-15)19(9-2-10-19)18(23)22-11-12-24-17-4-1-3-16(21)13-17/h1,3-8,13H,2,9-12H2,(H,22,23). The Labute approximate surface area is 145 Å². The van der Waals surface area contributed by atoms with Crippen LogP contribution >= 0.6 is 11.6 Å². The predicted octanol–water partition coefficient (Wildman–Crippen LogP) is 4.10. The summed E-state index contributed by atoms with van der Waals surface area (Å²) >= 11 is 5.93. The molecule has 0 spiro atoms. The van der Waals surface area contributed by atoms with Gasteiger partial charge in [-0.1, -0.05) is 36.2 Å². The Hall–Kier alpha value is -2.07. The fourth-order valence-corrected chi connectivity index (χ4v) is 3.13. The normalized spacial score (nSPS) is 15.4. The molecular formula is C19H19ClFNO2. The number of hydrogen-bond acceptors (Lipinski definition) is 2. The van der Waals surface area contributed by atoms with Gasteiger partial charge < -0.3 is 10.1 Å². The van der Waals surface area contributed by atoms with E-state index in [1.54, 1.807) is 12.1 Å². The van der Waals surface area contributed by atoms with E-state index < -0.39 is 5.41 Å². The summed E-state index contributed by atoms with van der Waals surface area (Å²) in [6, 6.07) is 13.4. The van der Waals surface area contributed by atoms with Crippen LogP contribution in [0.25, 0.3) is 0 Å². The minimum Gasteiger partial charge on any atom is -0.492 e. The monoisotopic (exact) mass is 347 g/mol. The van der Waals surface area contributed by atoms with Crippen LogP contribution in [0.5, 0.6) is 5.75 Å². The van der Waals surface area contributed by atoms with Gasteiger partial charge in [0, 0.05) is 11.1 Å². The lowest BCUT2D eigenvalue weighted by Crippen LogP contribution is -2.50. The molecule has 3 nitrogen and oxygen atoms in total. The molecule has 1 aliphatic rings. The highest BCUT2D eigenvalue weighted by Gasteiger charge is 2.45. The van der Waals surface area contributed by atoms with Gasteiger partial charge in [0.05, 0.1) is 12.0 Å². The zero-order valence-electron chi connectivity index (χ0n) is 13.2. The van der Waals surface area contributed by atoms with Crippen LogP contribution in [0.15, 0.2) is 48.5 Å². The summed E-state index contributed by atoms with van der Waals surface area (Å²) in [7, 11) is 0. The van der Waals surface area contributed by atoms with Crippen molar-refractivity contribution >= 4 is 17.5 Å². The summed E-state index contributed by atoms with van der Waals surface area (Å²) in [4.78, 5) is 12.6. The number of hydrogen-bond donors (Lipinski definition) is 1. The van der Waals surface area contributed by atoms with Gasteiger partial charge in [-0.15, -0.1) is 0 Å². The summed E-state index contributed by atoms with van der Waals surface area (Å²) in [5, 5.41) is 3.60. The predicted molar refractivity (Wildman–Crippen MR) is 91.9 cm³/mol. The van der Waals surface area contributed by atoms with Gasteiger partial charge in [-0.25, -0.2) is 4.39 Å². The van der Waals surface area contributed by atoms with Crippen LogP contribution in [-0.2, 0) is 10.2 Å². The van der Waals surface area contributed by atoms with Gasteiger partial charge >= 0.3 is 0 Å². The van der Waals surface area contributed by atoms with Crippen molar-refractivity contribution in [3.8, 4) is 5.75 Å². The van der Waals surface area contributed by atoms with Crippen molar-refractivity contribution < 1.29 is 13.9 Å². The number of carbonyl (C=O) groups is 1. The molecule has 0 bridgehead atoms. The molecule has 24 heavy (non-hydrogen) atoms. The molecule has 0 radical (unpaired) electrons. The molecule has 126 valence electrons. The molecular weight excluding hydrogens is 329 g/mol. The third-order valence-corrected chi connectivity index (χ3v) is 4.74. The zero-order valence-corrected chi connectivity index (χ0v) is 14.0. The molecule has 3 rings (SSSR count). The van der Waals surface area contributed by atoms with Crippen LogP contribution in [0.1, 0.15) is 24.8 Å². The summed E-state index contributed by atoms with van der Waals surface area (Å²) < 4.78 is 18.5. The van der Waals surface area contributed by atoms with E-state index in [1.165, 1.54) is 12.1 Å². The van der Waals surface area contributed by atoms with Gasteiger partial charge in [-0.2, -0.15) is 0 Å². The van der Waals surface area contributed by atoms with Crippen molar-refractivity contribution in [2.45, 2.75) is 24.7 Å². The zero-order chi connectivity index (χ0) is 17.0. The first-order chi connectivity index (χ1) is 11.6. The Morgan fingerprint density at radius 3 is 2.58 bits per heavy atom. The molecule has 0 aliphatic heterocycles. The van der Waals surface area contributed by atoms with Crippen molar-refractivity contribution in [3.63, 3.8) is 0 Å². The molecule has 2 aromatic carbocycles. The van der Waals surface area contributed by atoms with E-state index in [-0.39, 0.29) is 11.7 Å². The van der Waals surface area contributed by atoms with E-state index >= 15 is 0 Å². The lowest BCUT2D eigenvalue weighted by Gasteiger charge is -2.40. The van der Waals surface area contributed by atoms with Crippen molar-refractivity contribution in [1.29, 1.82) is 0 Å². The van der Waals surface area contributed by atoms with E-state index in [0.29, 0.717) is 23.9 Å². The fraction of sp³-hybridized carbons (Fsp3) is 0.316. The van der Waals surface area contributed by atoms with E-state index in [4.69, 9.17) is 16.3 Å². The van der Waals surface area contributed by atoms with Gasteiger partial charge in [-0.05, 0) is 42.7 Å². The Balaban J connectivity index is 1.54. The molecule has 0 atom stereocenters. The maximum Gasteiger partial charge on any atom is 0.230 e. The second-order valence-electron chi connectivity index (χ2n) is 6.00. The molecule has 0 heterocycles. The van der Waals surface area contributed by atoms with Crippen LogP contribution in [-0.4, -0.2) is 19.1 Å². The molecule has 1 saturated carbocycles. The topological polar surface area (TPSA) is 38.3 Å². The molecule has 0 aromatic heterocycles. The van der Waals surface area contributed by atoms with Crippen LogP contribution in [0, 0.1) is 5.82 Å². The van der Waals surface area contributed by atoms with Crippen molar-refractivity contribution in [2.24, 2.45) is 0 Å². The lowest BCUT2D eigenvalue weighted by molar-refractivity contribution is -0.130. The minimum atomic E-state index is -0.455. The first-order valence-corrected chi connectivity index (χ1v) is 8.41. The van der Waals surface area contributed by atoms with Crippen molar-refractivity contribution in [1.82, 2.24) is 5.32 Å². The molecule has 5 heteroatoms. The van der Waals surface area contributed by atoms with E-state index in [0.717, 1.165) is 24.8 Å². The maximum absolute atomic E-state index is 13.1. The van der Waals surface area contributed by atoms with E-state index in [9.17, 15) is 9.18 Å². The first kappa shape index (κ1) is 16.8. The number of halogens is 2. The number of rotatable bonds is 6. The second-order valence-corrected chi connectivity index (χ2v) is 6.44. The lowest BCUT2D eigenvalue weighted by atomic mass is 9.64. The number of nitrogens with one attached hydrogen (secondary N) is 1. The number of benzene rings is 2. The SMILES string of the molecule is O=C(NCCOc1cccc(F)c1)C1(c2ccc(Cl)cc2)CCC1. The van der Waals surface area contributed by atoms with Gasteiger partial charge in [-0.3, -0.25) is 4.79 Å². The van der Waals surface area contributed by atoms with E-state index in [1.807, 2.05) is 24.3 Å². The Bertz CT molecular complexity index is 714. The third kappa shape index (κ3) is 3.54. The molecule has 1 N–H and O–H groups in total. The van der Waals surface area contributed by atoms with Crippen LogP contribution in [0.2, 0.25) is 5.02 Å². The molecule has 0 unspecified atom stereocenters. The summed E-state index contributed by atoms with van der Waals surface area (Å²) in [6.45, 7) is 0.677. The maximum atomic E-state index is 13.1. The highest BCUT2D eigenvalue weighted by atomic mass is 35.5. The fourth-order valence-electron chi connectivity index (χ4n) is 3.01. The van der Waals surface area contributed by atoms with Crippen molar-refractivity contribution in [3.05, 3.63) is 64.9 Å². The highest BCUT2D eigenvalue weighted by Crippen LogP contribution is 2.44. The first-order valence-electron chi connectivity index (χ1n) is 8.03. The summed E-state index contributed by atoms with van der Waals surface area (Å²) in [5.41, 5.74) is 0.547. The average Bonchev–Trinajstić information content (AvgIpc) is 2.52. The van der Waals surface area contributed by atoms with E-state index in [2.05, 4.69) is 5.32 Å². The average molecular weight is 348 g/mol. The number of amides is 1. The Kier molecular flexibility index (Phi) is 5.05. The van der Waals surface area contributed by atoms with Gasteiger partial charge in [0.15, 0.2) is 0 Å². The smallest absolute Gasteiger partial charge is 0.230 e. The summed E-state index contributed by atoms with van der Waals surface area (Å²) in [5.74, 6) is 0.131. The van der Waals surface area contributed by atoms with Gasteiger partial charge in [0.25, 0.3) is 0 Å². The minimum absolute atomic E-state index is 0.0129. The molecule has 2 aromatic rings. The molecule has 0 saturated heterocycles. The van der Waals surface area contributed by atoms with Crippen LogP contribution in [0.3, 0.4) is 0 Å². The molecule has 1 aliphatic carbocycles. The second kappa shape index (κ2) is 7.22.